The number of benzene rings is 2. The molecule has 0 radical (unpaired) electrons. The van der Waals surface area contributed by atoms with Crippen LogP contribution in [0.3, 0.4) is 0 Å². The van der Waals surface area contributed by atoms with Gasteiger partial charge < -0.3 is 0 Å². The number of hydrogen-bond donors (Lipinski definition) is 0. The van der Waals surface area contributed by atoms with Crippen LogP contribution < -0.4 is 10.1 Å². The molecule has 0 N–H and O–H groups in total. The van der Waals surface area contributed by atoms with Gasteiger partial charge in [-0.2, -0.15) is 9.50 Å². The summed E-state index contributed by atoms with van der Waals surface area (Å²) < 4.78 is 1.94. The molecule has 6 heteroatoms. The highest BCUT2D eigenvalue weighted by molar-refractivity contribution is 7.15. The largest absolute Gasteiger partial charge is 0.291 e. The van der Waals surface area contributed by atoms with Crippen molar-refractivity contribution in [3.63, 3.8) is 0 Å². The van der Waals surface area contributed by atoms with E-state index in [1.807, 2.05) is 48.5 Å². The molecule has 0 bridgehead atoms. The molecular weight excluding hydrogens is 330 g/mol. The third kappa shape index (κ3) is 2.65. The summed E-state index contributed by atoms with van der Waals surface area (Å²) in [7, 11) is 0. The summed E-state index contributed by atoms with van der Waals surface area (Å²) in [5.74, 6) is 0.559. The highest BCUT2D eigenvalue weighted by Gasteiger charge is 2.11. The fourth-order valence-corrected chi connectivity index (χ4v) is 3.40. The van der Waals surface area contributed by atoms with E-state index in [1.54, 1.807) is 12.1 Å². The minimum Gasteiger partial charge on any atom is -0.266 e. The molecule has 0 aliphatic carbocycles. The molecular formula is C17H10ClN3OS. The summed E-state index contributed by atoms with van der Waals surface area (Å²) >= 11 is 7.29. The smallest absolute Gasteiger partial charge is 0.266 e. The Morgan fingerprint density at radius 3 is 2.65 bits per heavy atom. The van der Waals surface area contributed by atoms with Crippen LogP contribution in [0.25, 0.3) is 22.4 Å². The number of nitrogens with zero attached hydrogens (tertiary/aromatic N) is 3. The molecule has 0 aliphatic rings. The topological polar surface area (TPSA) is 47.3 Å². The molecule has 0 unspecified atom stereocenters. The van der Waals surface area contributed by atoms with Gasteiger partial charge in [0.2, 0.25) is 4.96 Å². The first kappa shape index (κ1) is 14.1. The van der Waals surface area contributed by atoms with Crippen LogP contribution in [0.5, 0.6) is 0 Å². The SMILES string of the molecule is O=c1/c(=C\c2cccc(Cl)c2)sc2nc(-c3ccccc3)nn12. The fraction of sp³-hybridized carbons (Fsp3) is 0. The summed E-state index contributed by atoms with van der Waals surface area (Å²) in [5.41, 5.74) is 1.60. The third-order valence-electron chi connectivity index (χ3n) is 3.36. The molecule has 0 saturated heterocycles. The van der Waals surface area contributed by atoms with Crippen molar-refractivity contribution in [1.82, 2.24) is 14.6 Å². The molecule has 0 spiro atoms. The normalized spacial score (nSPS) is 12.1. The van der Waals surface area contributed by atoms with E-state index in [9.17, 15) is 4.79 Å². The van der Waals surface area contributed by atoms with Crippen LogP contribution in [-0.2, 0) is 0 Å². The molecule has 112 valence electrons. The first-order valence-electron chi connectivity index (χ1n) is 6.93. The van der Waals surface area contributed by atoms with Gasteiger partial charge in [-0.25, -0.2) is 0 Å². The van der Waals surface area contributed by atoms with Crippen molar-refractivity contribution >= 4 is 34.0 Å². The van der Waals surface area contributed by atoms with E-state index in [2.05, 4.69) is 10.1 Å². The van der Waals surface area contributed by atoms with Crippen molar-refractivity contribution in [2.75, 3.05) is 0 Å². The highest BCUT2D eigenvalue weighted by Crippen LogP contribution is 2.16. The lowest BCUT2D eigenvalue weighted by Gasteiger charge is -1.92. The minimum atomic E-state index is -0.167. The number of halogens is 1. The minimum absolute atomic E-state index is 0.167. The lowest BCUT2D eigenvalue weighted by Crippen LogP contribution is -2.23. The van der Waals surface area contributed by atoms with E-state index in [1.165, 1.54) is 15.9 Å². The van der Waals surface area contributed by atoms with Gasteiger partial charge in [0.25, 0.3) is 5.56 Å². The first-order valence-corrected chi connectivity index (χ1v) is 8.12. The van der Waals surface area contributed by atoms with Crippen LogP contribution in [0, 0.1) is 0 Å². The zero-order valence-corrected chi connectivity index (χ0v) is 13.4. The molecule has 23 heavy (non-hydrogen) atoms. The quantitative estimate of drug-likeness (QED) is 0.564. The Morgan fingerprint density at radius 1 is 1.09 bits per heavy atom. The summed E-state index contributed by atoms with van der Waals surface area (Å²) in [6, 6.07) is 17.0. The van der Waals surface area contributed by atoms with Gasteiger partial charge in [-0.1, -0.05) is 65.4 Å². The lowest BCUT2D eigenvalue weighted by molar-refractivity contribution is 0.937. The van der Waals surface area contributed by atoms with Gasteiger partial charge in [0.15, 0.2) is 5.82 Å². The van der Waals surface area contributed by atoms with Crippen LogP contribution in [0.2, 0.25) is 5.02 Å². The Morgan fingerprint density at radius 2 is 1.91 bits per heavy atom. The average Bonchev–Trinajstić information content (AvgIpc) is 3.09. The lowest BCUT2D eigenvalue weighted by atomic mass is 10.2. The Hall–Kier alpha value is -2.50. The molecule has 0 fully saturated rings. The molecule has 0 atom stereocenters. The molecule has 0 saturated carbocycles. The summed E-state index contributed by atoms with van der Waals surface area (Å²) in [6.07, 6.45) is 1.80. The van der Waals surface area contributed by atoms with Crippen molar-refractivity contribution < 1.29 is 0 Å². The molecule has 4 rings (SSSR count). The van der Waals surface area contributed by atoms with Crippen LogP contribution in [0.15, 0.2) is 59.4 Å². The molecule has 0 aliphatic heterocycles. The zero-order chi connectivity index (χ0) is 15.8. The maximum absolute atomic E-state index is 12.5. The van der Waals surface area contributed by atoms with Crippen LogP contribution in [0.1, 0.15) is 5.56 Å². The molecule has 2 aromatic heterocycles. The van der Waals surface area contributed by atoms with Gasteiger partial charge in [0.1, 0.15) is 0 Å². The summed E-state index contributed by atoms with van der Waals surface area (Å²) in [5, 5.41) is 4.96. The second-order valence-corrected chi connectivity index (χ2v) is 6.41. The fourth-order valence-electron chi connectivity index (χ4n) is 2.29. The van der Waals surface area contributed by atoms with Gasteiger partial charge in [-0.15, -0.1) is 5.10 Å². The Bertz CT molecular complexity index is 1100. The summed E-state index contributed by atoms with van der Waals surface area (Å²) in [4.78, 5) is 17.5. The Balaban J connectivity index is 1.84. The maximum atomic E-state index is 12.5. The van der Waals surface area contributed by atoms with E-state index < -0.39 is 0 Å². The van der Waals surface area contributed by atoms with Crippen molar-refractivity contribution in [3.8, 4) is 11.4 Å². The zero-order valence-electron chi connectivity index (χ0n) is 11.8. The number of rotatable bonds is 2. The predicted octanol–water partition coefficient (Wildman–Crippen LogP) is 3.02. The number of aromatic nitrogens is 3. The molecule has 2 aromatic carbocycles. The third-order valence-corrected chi connectivity index (χ3v) is 4.55. The van der Waals surface area contributed by atoms with E-state index >= 15 is 0 Å². The van der Waals surface area contributed by atoms with Crippen molar-refractivity contribution in [2.24, 2.45) is 0 Å². The molecule has 4 nitrogen and oxygen atoms in total. The number of hydrogen-bond acceptors (Lipinski definition) is 4. The average molecular weight is 340 g/mol. The van der Waals surface area contributed by atoms with Gasteiger partial charge in [-0.05, 0) is 23.8 Å². The second-order valence-electron chi connectivity index (χ2n) is 4.97. The first-order chi connectivity index (χ1) is 11.2. The molecule has 4 aromatic rings. The van der Waals surface area contributed by atoms with E-state index in [4.69, 9.17) is 11.6 Å². The van der Waals surface area contributed by atoms with Gasteiger partial charge in [-0.3, -0.25) is 4.79 Å². The molecule has 2 heterocycles. The van der Waals surface area contributed by atoms with E-state index in [0.717, 1.165) is 11.1 Å². The van der Waals surface area contributed by atoms with Gasteiger partial charge in [0.05, 0.1) is 4.53 Å². The monoisotopic (exact) mass is 339 g/mol. The predicted molar refractivity (Wildman–Crippen MR) is 92.8 cm³/mol. The van der Waals surface area contributed by atoms with Crippen LogP contribution in [0.4, 0.5) is 0 Å². The van der Waals surface area contributed by atoms with Crippen molar-refractivity contribution in [3.05, 3.63) is 80.1 Å². The van der Waals surface area contributed by atoms with Gasteiger partial charge >= 0.3 is 0 Å². The van der Waals surface area contributed by atoms with Crippen molar-refractivity contribution in [2.45, 2.75) is 0 Å². The number of fused-ring (bicyclic) bond motifs is 1. The number of thiazole rings is 1. The second kappa shape index (κ2) is 5.61. The highest BCUT2D eigenvalue weighted by atomic mass is 35.5. The Kier molecular flexibility index (Phi) is 3.44. The van der Waals surface area contributed by atoms with Crippen LogP contribution >= 0.6 is 22.9 Å². The van der Waals surface area contributed by atoms with E-state index in [-0.39, 0.29) is 5.56 Å². The summed E-state index contributed by atoms with van der Waals surface area (Å²) in [6.45, 7) is 0. The van der Waals surface area contributed by atoms with E-state index in [0.29, 0.717) is 20.3 Å². The maximum Gasteiger partial charge on any atom is 0.291 e. The Labute approximate surface area is 140 Å². The van der Waals surface area contributed by atoms with Gasteiger partial charge in [0, 0.05) is 10.6 Å². The van der Waals surface area contributed by atoms with Crippen molar-refractivity contribution in [1.29, 1.82) is 0 Å². The van der Waals surface area contributed by atoms with Crippen LogP contribution in [-0.4, -0.2) is 14.6 Å². The standard InChI is InChI=1S/C17H10ClN3OS/c18-13-8-4-5-11(9-13)10-14-16(22)21-17(23-14)19-15(20-21)12-6-2-1-3-7-12/h1-10H/b14-10+. The molecule has 0 amide bonds.